The largest absolute Gasteiger partial charge is 0.274 e. The van der Waals surface area contributed by atoms with Gasteiger partial charge in [0.05, 0.1) is 31.0 Å². The molecular weight excluding hydrogens is 316 g/mol. The first-order valence-corrected chi connectivity index (χ1v) is 8.14. The molecule has 0 spiro atoms. The first kappa shape index (κ1) is 15.7. The molecule has 0 atom stereocenters. The highest BCUT2D eigenvalue weighted by Gasteiger charge is 2.10. The van der Waals surface area contributed by atoms with Crippen LogP contribution in [0.2, 0.25) is 0 Å². The van der Waals surface area contributed by atoms with Crippen LogP contribution in [0.15, 0.2) is 48.5 Å². The molecule has 0 saturated heterocycles. The molecule has 25 heavy (non-hydrogen) atoms. The average Bonchev–Trinajstić information content (AvgIpc) is 3.20. The molecule has 4 aromatic rings. The SMILES string of the molecule is CN(CN(C)Cn1nnc2ccccc21)Cn1nnc2ccccc21. The van der Waals surface area contributed by atoms with E-state index in [1.807, 2.05) is 57.9 Å². The lowest BCUT2D eigenvalue weighted by Crippen LogP contribution is -2.35. The van der Waals surface area contributed by atoms with Crippen molar-refractivity contribution in [2.45, 2.75) is 13.3 Å². The van der Waals surface area contributed by atoms with Gasteiger partial charge >= 0.3 is 0 Å². The summed E-state index contributed by atoms with van der Waals surface area (Å²) in [5.74, 6) is 0. The summed E-state index contributed by atoms with van der Waals surface area (Å²) in [6, 6.07) is 16.0. The van der Waals surface area contributed by atoms with Gasteiger partial charge < -0.3 is 0 Å². The van der Waals surface area contributed by atoms with Crippen molar-refractivity contribution in [1.29, 1.82) is 0 Å². The van der Waals surface area contributed by atoms with Crippen LogP contribution in [0, 0.1) is 0 Å². The molecule has 0 fully saturated rings. The molecule has 2 aromatic heterocycles. The standard InChI is InChI=1S/C17H20N8/c1-22(12-24-16-9-5-3-7-14(16)18-20-24)11-23(2)13-25-17-10-6-4-8-15(17)19-21-25/h3-10H,11-13H2,1-2H3. The van der Waals surface area contributed by atoms with E-state index in [0.29, 0.717) is 13.3 Å². The first-order chi connectivity index (χ1) is 12.2. The number of fused-ring (bicyclic) bond motifs is 2. The lowest BCUT2D eigenvalue weighted by atomic mass is 10.3. The van der Waals surface area contributed by atoms with E-state index in [9.17, 15) is 0 Å². The summed E-state index contributed by atoms with van der Waals surface area (Å²) < 4.78 is 3.82. The number of hydrogen-bond donors (Lipinski definition) is 0. The van der Waals surface area contributed by atoms with Crippen molar-refractivity contribution in [3.05, 3.63) is 48.5 Å². The van der Waals surface area contributed by atoms with Gasteiger partial charge in [0.15, 0.2) is 0 Å². The minimum atomic E-state index is 0.670. The fraction of sp³-hybridized carbons (Fsp3) is 0.294. The molecule has 0 aliphatic rings. The highest BCUT2D eigenvalue weighted by Crippen LogP contribution is 2.11. The van der Waals surface area contributed by atoms with Crippen LogP contribution in [-0.2, 0) is 13.3 Å². The average molecular weight is 336 g/mol. The maximum absolute atomic E-state index is 4.24. The zero-order valence-electron chi connectivity index (χ0n) is 14.3. The minimum Gasteiger partial charge on any atom is -0.274 e. The van der Waals surface area contributed by atoms with Gasteiger partial charge in [-0.3, -0.25) is 9.80 Å². The summed E-state index contributed by atoms with van der Waals surface area (Å²) in [4.78, 5) is 4.36. The minimum absolute atomic E-state index is 0.670. The van der Waals surface area contributed by atoms with Gasteiger partial charge in [0.25, 0.3) is 0 Å². The Bertz CT molecular complexity index is 908. The predicted molar refractivity (Wildman–Crippen MR) is 95.4 cm³/mol. The van der Waals surface area contributed by atoms with Crippen LogP contribution in [-0.4, -0.2) is 60.6 Å². The smallest absolute Gasteiger partial charge is 0.113 e. The Morgan fingerprint density at radius 1 is 0.720 bits per heavy atom. The van der Waals surface area contributed by atoms with Crippen LogP contribution >= 0.6 is 0 Å². The van der Waals surface area contributed by atoms with E-state index in [-0.39, 0.29) is 0 Å². The van der Waals surface area contributed by atoms with Crippen molar-refractivity contribution >= 4 is 22.1 Å². The molecule has 0 aliphatic carbocycles. The third-order valence-corrected chi connectivity index (χ3v) is 4.07. The van der Waals surface area contributed by atoms with Crippen molar-refractivity contribution in [1.82, 2.24) is 39.8 Å². The summed E-state index contributed by atoms with van der Waals surface area (Å²) in [5.41, 5.74) is 3.91. The van der Waals surface area contributed by atoms with Gasteiger partial charge in [-0.05, 0) is 38.4 Å². The van der Waals surface area contributed by atoms with Crippen molar-refractivity contribution in [3.8, 4) is 0 Å². The van der Waals surface area contributed by atoms with Crippen molar-refractivity contribution < 1.29 is 0 Å². The lowest BCUT2D eigenvalue weighted by molar-refractivity contribution is 0.120. The van der Waals surface area contributed by atoms with E-state index < -0.39 is 0 Å². The molecule has 8 heteroatoms. The molecule has 2 aromatic carbocycles. The molecule has 0 amide bonds. The van der Waals surface area contributed by atoms with Crippen LogP contribution in [0.3, 0.4) is 0 Å². The molecule has 128 valence electrons. The Labute approximate surface area is 145 Å². The highest BCUT2D eigenvalue weighted by atomic mass is 15.5. The second kappa shape index (κ2) is 6.58. The molecule has 0 aliphatic heterocycles. The molecule has 0 unspecified atom stereocenters. The molecule has 0 bridgehead atoms. The van der Waals surface area contributed by atoms with Crippen molar-refractivity contribution in [2.75, 3.05) is 20.8 Å². The third kappa shape index (κ3) is 3.21. The van der Waals surface area contributed by atoms with Crippen LogP contribution < -0.4 is 0 Å². The van der Waals surface area contributed by atoms with Gasteiger partial charge in [0, 0.05) is 0 Å². The maximum atomic E-state index is 4.24. The van der Waals surface area contributed by atoms with Gasteiger partial charge in [-0.25, -0.2) is 9.36 Å². The number of aromatic nitrogens is 6. The third-order valence-electron chi connectivity index (χ3n) is 4.07. The fourth-order valence-corrected chi connectivity index (χ4v) is 3.00. The Balaban J connectivity index is 1.41. The summed E-state index contributed by atoms with van der Waals surface area (Å²) in [6.07, 6.45) is 0. The predicted octanol–water partition coefficient (Wildman–Crippen LogP) is 1.61. The van der Waals surface area contributed by atoms with Crippen LogP contribution in [0.5, 0.6) is 0 Å². The van der Waals surface area contributed by atoms with E-state index >= 15 is 0 Å². The van der Waals surface area contributed by atoms with Gasteiger partial charge in [-0.2, -0.15) is 0 Å². The second-order valence-electron chi connectivity index (χ2n) is 6.29. The number of nitrogens with zero attached hydrogens (tertiary/aromatic N) is 8. The van der Waals surface area contributed by atoms with Crippen molar-refractivity contribution in [3.63, 3.8) is 0 Å². The van der Waals surface area contributed by atoms with E-state index in [1.165, 1.54) is 0 Å². The highest BCUT2D eigenvalue weighted by molar-refractivity contribution is 5.74. The Morgan fingerprint density at radius 3 is 1.64 bits per heavy atom. The number of benzene rings is 2. The summed E-state index contributed by atoms with van der Waals surface area (Å²) >= 11 is 0. The number of rotatable bonds is 6. The molecule has 0 N–H and O–H groups in total. The summed E-state index contributed by atoms with van der Waals surface area (Å²) in [6.45, 7) is 2.11. The Morgan fingerprint density at radius 2 is 1.16 bits per heavy atom. The molecule has 8 nitrogen and oxygen atoms in total. The zero-order chi connectivity index (χ0) is 17.2. The molecular formula is C17H20N8. The van der Waals surface area contributed by atoms with Gasteiger partial charge in [0.2, 0.25) is 0 Å². The molecule has 0 saturated carbocycles. The Kier molecular flexibility index (Phi) is 4.12. The van der Waals surface area contributed by atoms with E-state index in [1.54, 1.807) is 0 Å². The normalized spacial score (nSPS) is 12.0. The van der Waals surface area contributed by atoms with E-state index in [2.05, 4.69) is 44.5 Å². The second-order valence-corrected chi connectivity index (χ2v) is 6.29. The van der Waals surface area contributed by atoms with Crippen LogP contribution in [0.4, 0.5) is 0 Å². The fourth-order valence-electron chi connectivity index (χ4n) is 3.00. The van der Waals surface area contributed by atoms with Gasteiger partial charge in [-0.1, -0.05) is 34.7 Å². The van der Waals surface area contributed by atoms with Crippen LogP contribution in [0.1, 0.15) is 0 Å². The molecule has 0 radical (unpaired) electrons. The molecule has 4 rings (SSSR count). The van der Waals surface area contributed by atoms with Crippen molar-refractivity contribution in [2.24, 2.45) is 0 Å². The Hall–Kier alpha value is -2.84. The topological polar surface area (TPSA) is 67.9 Å². The summed E-state index contributed by atoms with van der Waals surface area (Å²) in [7, 11) is 4.12. The first-order valence-electron chi connectivity index (χ1n) is 8.14. The summed E-state index contributed by atoms with van der Waals surface area (Å²) in [5, 5.41) is 16.9. The number of para-hydroxylation sites is 2. The lowest BCUT2D eigenvalue weighted by Gasteiger charge is -2.24. The monoisotopic (exact) mass is 336 g/mol. The van der Waals surface area contributed by atoms with Gasteiger partial charge in [-0.15, -0.1) is 10.2 Å². The van der Waals surface area contributed by atoms with E-state index in [4.69, 9.17) is 0 Å². The van der Waals surface area contributed by atoms with Crippen LogP contribution in [0.25, 0.3) is 22.1 Å². The molecule has 2 heterocycles. The van der Waals surface area contributed by atoms with E-state index in [0.717, 1.165) is 28.7 Å². The quantitative estimate of drug-likeness (QED) is 0.498. The number of hydrogen-bond acceptors (Lipinski definition) is 6. The van der Waals surface area contributed by atoms with Gasteiger partial charge in [0.1, 0.15) is 11.0 Å². The zero-order valence-corrected chi connectivity index (χ0v) is 14.3. The maximum Gasteiger partial charge on any atom is 0.113 e.